The van der Waals surface area contributed by atoms with E-state index in [0.717, 1.165) is 89.9 Å². The van der Waals surface area contributed by atoms with Crippen molar-refractivity contribution in [2.45, 2.75) is 62.9 Å². The number of benzene rings is 8. The van der Waals surface area contributed by atoms with Crippen molar-refractivity contribution in [1.29, 1.82) is 0 Å². The molecule has 1 fully saturated rings. The van der Waals surface area contributed by atoms with Crippen molar-refractivity contribution >= 4 is 53.5 Å². The minimum absolute atomic E-state index is 0.00935. The summed E-state index contributed by atoms with van der Waals surface area (Å²) < 4.78 is 151. The molecule has 0 saturated carbocycles. The second kappa shape index (κ2) is 41.8. The molecule has 0 spiro atoms. The molecular formula is C75H79Br3F8N2O12. The number of aliphatic hydroxyl groups is 1. The first-order chi connectivity index (χ1) is 48.0. The minimum Gasteiger partial charge on any atom is -0.508 e. The molecule has 25 heteroatoms. The Kier molecular flexibility index (Phi) is 33.9. The quantitative estimate of drug-likeness (QED) is 0.0602. The minimum atomic E-state index is -0.435. The molecule has 5 aliphatic heterocycles. The van der Waals surface area contributed by atoms with E-state index in [2.05, 4.69) is 71.2 Å². The SMILES string of the molecule is C=CCc1ccc(F)cc1O.C=CCc1ccc(F)cc1OC.COCC1Cc2cc(Br)c(F)cc2O1.COCC1Cc2cc(N3CCNCC3)c(F)cc2O1.COCC1Cc2ccc(F)cc2O1.COc1cc(F)ccc1Br.OCC1Cc2ccc(F)cc2O1.Oc1cc(F)ccc1Br. The summed E-state index contributed by atoms with van der Waals surface area (Å²) in [5.41, 5.74) is 6.48. The summed E-state index contributed by atoms with van der Waals surface area (Å²) in [6.45, 7) is 12.2. The van der Waals surface area contributed by atoms with Crippen LogP contribution in [0, 0.1) is 46.5 Å². The van der Waals surface area contributed by atoms with Crippen LogP contribution in [0.4, 0.5) is 40.8 Å². The van der Waals surface area contributed by atoms with Crippen LogP contribution >= 0.6 is 47.8 Å². The third kappa shape index (κ3) is 25.6. The van der Waals surface area contributed by atoms with Gasteiger partial charge >= 0.3 is 0 Å². The lowest BCUT2D eigenvalue weighted by Gasteiger charge is -2.30. The average molecular weight is 1590 g/mol. The van der Waals surface area contributed by atoms with Gasteiger partial charge in [-0.25, -0.2) is 35.1 Å². The fraction of sp³-hybridized carbons (Fsp3) is 0.307. The third-order valence-electron chi connectivity index (χ3n) is 15.0. The van der Waals surface area contributed by atoms with Crippen molar-refractivity contribution in [3.8, 4) is 46.0 Å². The van der Waals surface area contributed by atoms with Gasteiger partial charge in [-0.2, -0.15) is 0 Å². The molecule has 538 valence electrons. The van der Waals surface area contributed by atoms with E-state index in [9.17, 15) is 35.1 Å². The van der Waals surface area contributed by atoms with Gasteiger partial charge in [0, 0.05) is 127 Å². The number of aliphatic hydroxyl groups excluding tert-OH is 1. The average Bonchev–Trinajstić information content (AvgIpc) is 1.63. The van der Waals surface area contributed by atoms with E-state index in [0.29, 0.717) is 93.8 Å². The van der Waals surface area contributed by atoms with E-state index in [1.54, 1.807) is 69.9 Å². The summed E-state index contributed by atoms with van der Waals surface area (Å²) in [5, 5.41) is 30.0. The molecule has 0 radical (unpaired) electrons. The van der Waals surface area contributed by atoms with Crippen molar-refractivity contribution in [3.63, 3.8) is 0 Å². The Morgan fingerprint density at radius 2 is 0.850 bits per heavy atom. The molecule has 0 aromatic heterocycles. The number of piperazine rings is 1. The molecule has 4 atom stereocenters. The Labute approximate surface area is 602 Å². The normalized spacial score (nSPS) is 15.9. The van der Waals surface area contributed by atoms with Crippen molar-refractivity contribution < 1.29 is 93.1 Å². The predicted octanol–water partition coefficient (Wildman–Crippen LogP) is 16.3. The monoisotopic (exact) mass is 1590 g/mol. The Hall–Kier alpha value is -7.88. The molecule has 1 saturated heterocycles. The second-order valence-corrected chi connectivity index (χ2v) is 25.0. The zero-order chi connectivity index (χ0) is 72.8. The number of fused-ring (bicyclic) bond motifs is 4. The number of nitrogens with one attached hydrogen (secondary N) is 1. The van der Waals surface area contributed by atoms with Gasteiger partial charge in [-0.1, -0.05) is 36.4 Å². The maximum Gasteiger partial charge on any atom is 0.150 e. The fourth-order valence-corrected chi connectivity index (χ4v) is 11.3. The maximum atomic E-state index is 14.2. The number of nitrogens with zero attached hydrogens (tertiary/aromatic N) is 1. The number of hydrogen-bond donors (Lipinski definition) is 4. The second-order valence-electron chi connectivity index (χ2n) is 22.4. The number of rotatable bonds is 14. The van der Waals surface area contributed by atoms with Gasteiger partial charge in [0.25, 0.3) is 0 Å². The first-order valence-electron chi connectivity index (χ1n) is 31.2. The molecular weight excluding hydrogens is 1510 g/mol. The molecule has 100 heavy (non-hydrogen) atoms. The molecule has 8 aromatic carbocycles. The lowest BCUT2D eigenvalue weighted by molar-refractivity contribution is 0.0950. The van der Waals surface area contributed by atoms with Gasteiger partial charge in [0.2, 0.25) is 0 Å². The van der Waals surface area contributed by atoms with Gasteiger partial charge in [0.05, 0.1) is 59.8 Å². The standard InChI is InChI=1S/C14H19FN2O2.C10H10BrFO2.C10H11FO2.C10H11FO.C9H9FO2.C9H9FO.C7H6BrFO.C6H4BrFO/c1-18-9-11-6-10-7-13(12(15)8-14(10)19-11)17-4-2-16-3-5-17;1-13-5-7-2-6-3-8(11)9(12)4-10(6)14-7;1-12-6-9-4-7-2-3-8(11)5-10(7)13-9;1-3-4-8-5-6-9(11)7-10(8)12-2;10-7-2-1-6-3-8(5-11)12-9(6)4-7;1-2-3-7-4-5-8(10)6-9(7)11;1-10-7-4-5(9)2-3-6(7)8;7-5-2-1-4(8)3-6(5)9/h7-8,11,16H,2-6,9H2,1H3;3-4,7H,2,5H2,1H3;2-3,5,9H,4,6H2,1H3;3,5-7H,1,4H2,2H3;1-2,4,8,11H,3,5H2;2,4-6,11H,1,3H2;2-4H,1H3;1-3,9H. The van der Waals surface area contributed by atoms with Crippen molar-refractivity contribution in [2.75, 3.05) is 93.1 Å². The summed E-state index contributed by atoms with van der Waals surface area (Å²) >= 11 is 9.36. The predicted molar refractivity (Wildman–Crippen MR) is 379 cm³/mol. The first kappa shape index (κ1) is 81.1. The van der Waals surface area contributed by atoms with E-state index in [-0.39, 0.29) is 77.4 Å². The summed E-state index contributed by atoms with van der Waals surface area (Å²) in [5.74, 6) is 1.06. The number of phenols is 2. The Morgan fingerprint density at radius 1 is 0.450 bits per heavy atom. The molecule has 5 aliphatic rings. The number of phenolic OH excluding ortho intramolecular Hbond substituents is 2. The number of methoxy groups -OCH3 is 5. The van der Waals surface area contributed by atoms with Gasteiger partial charge < -0.3 is 68.2 Å². The lowest BCUT2D eigenvalue weighted by Crippen LogP contribution is -2.43. The highest BCUT2D eigenvalue weighted by Gasteiger charge is 2.28. The smallest absolute Gasteiger partial charge is 0.150 e. The molecule has 0 amide bonds. The number of aromatic hydroxyl groups is 2. The number of anilines is 1. The van der Waals surface area contributed by atoms with Crippen molar-refractivity contribution in [3.05, 3.63) is 252 Å². The summed E-state index contributed by atoms with van der Waals surface area (Å²) in [7, 11) is 7.94. The molecule has 0 bridgehead atoms. The van der Waals surface area contributed by atoms with Gasteiger partial charge in [0.15, 0.2) is 0 Å². The highest BCUT2D eigenvalue weighted by atomic mass is 79.9. The summed E-state index contributed by atoms with van der Waals surface area (Å²) in [6, 6.07) is 32.2. The highest BCUT2D eigenvalue weighted by Crippen LogP contribution is 2.37. The first-order valence-corrected chi connectivity index (χ1v) is 33.6. The summed E-state index contributed by atoms with van der Waals surface area (Å²) in [4.78, 5) is 2.09. The number of ether oxygens (including phenoxy) is 9. The van der Waals surface area contributed by atoms with Gasteiger partial charge in [-0.05, 0) is 149 Å². The molecule has 8 aromatic rings. The van der Waals surface area contributed by atoms with Gasteiger partial charge in [-0.15, -0.1) is 13.2 Å². The van der Waals surface area contributed by atoms with Crippen molar-refractivity contribution in [2.24, 2.45) is 0 Å². The number of halogens is 11. The van der Waals surface area contributed by atoms with Crippen LogP contribution in [0.5, 0.6) is 46.0 Å². The fourth-order valence-electron chi connectivity index (χ4n) is 10.3. The Bertz CT molecular complexity index is 3900. The maximum absolute atomic E-state index is 14.2. The van der Waals surface area contributed by atoms with Crippen LogP contribution in [0.1, 0.15) is 33.4 Å². The molecule has 5 heterocycles. The van der Waals surface area contributed by atoms with E-state index in [1.807, 2.05) is 6.07 Å². The topological polar surface area (TPSA) is 159 Å². The van der Waals surface area contributed by atoms with Crippen LogP contribution < -0.4 is 38.6 Å². The molecule has 14 nitrogen and oxygen atoms in total. The zero-order valence-corrected chi connectivity index (χ0v) is 60.4. The van der Waals surface area contributed by atoms with Crippen LogP contribution in [0.25, 0.3) is 0 Å². The van der Waals surface area contributed by atoms with Crippen LogP contribution in [0.15, 0.2) is 172 Å². The zero-order valence-electron chi connectivity index (χ0n) is 55.6. The largest absolute Gasteiger partial charge is 0.508 e. The third-order valence-corrected chi connectivity index (χ3v) is 17.0. The lowest BCUT2D eigenvalue weighted by atomic mass is 10.1. The van der Waals surface area contributed by atoms with E-state index < -0.39 is 11.6 Å². The molecule has 4 unspecified atom stereocenters. The Morgan fingerprint density at radius 3 is 1.32 bits per heavy atom. The van der Waals surface area contributed by atoms with E-state index >= 15 is 0 Å². The van der Waals surface area contributed by atoms with E-state index in [1.165, 1.54) is 93.1 Å². The summed E-state index contributed by atoms with van der Waals surface area (Å²) in [6.07, 6.45) is 7.61. The van der Waals surface area contributed by atoms with Crippen LogP contribution in [-0.2, 0) is 52.7 Å². The molecule has 4 N–H and O–H groups in total. The number of hydrogen-bond acceptors (Lipinski definition) is 14. The number of allylic oxidation sites excluding steroid dienone is 2. The highest BCUT2D eigenvalue weighted by molar-refractivity contribution is 9.11. The molecule has 0 aliphatic carbocycles. The molecule has 13 rings (SSSR count). The van der Waals surface area contributed by atoms with Crippen LogP contribution in [0.3, 0.4) is 0 Å². The van der Waals surface area contributed by atoms with Crippen LogP contribution in [-0.4, -0.2) is 128 Å². The van der Waals surface area contributed by atoms with E-state index in [4.69, 9.17) is 58.0 Å². The van der Waals surface area contributed by atoms with Crippen molar-refractivity contribution in [1.82, 2.24) is 5.32 Å². The van der Waals surface area contributed by atoms with Gasteiger partial charge in [0.1, 0.15) is 117 Å². The van der Waals surface area contributed by atoms with Gasteiger partial charge in [-0.3, -0.25) is 0 Å². The Balaban J connectivity index is 0.000000182. The van der Waals surface area contributed by atoms with Crippen LogP contribution in [0.2, 0.25) is 0 Å².